The lowest BCUT2D eigenvalue weighted by atomic mass is 9.99. The highest BCUT2D eigenvalue weighted by Gasteiger charge is 2.44. The van der Waals surface area contributed by atoms with Crippen molar-refractivity contribution in [2.24, 2.45) is 0 Å². The van der Waals surface area contributed by atoms with E-state index in [9.17, 15) is 20.4 Å². The number of phenols is 1. The second-order valence-electron chi connectivity index (χ2n) is 5.09. The molecule has 0 bridgehead atoms. The number of ether oxygens (including phenoxy) is 2. The molecule has 1 saturated heterocycles. The minimum absolute atomic E-state index is 0.00437. The van der Waals surface area contributed by atoms with Gasteiger partial charge in [-0.3, -0.25) is 0 Å². The average Bonchev–Trinajstić information content (AvgIpc) is 2.51. The molecule has 124 valence electrons. The Bertz CT molecular complexity index is 492. The number of aromatic hydroxyl groups is 1. The Hall–Kier alpha value is -1.42. The number of hydrogen-bond acceptors (Lipinski definition) is 8. The zero-order valence-corrected chi connectivity index (χ0v) is 11.7. The molecule has 0 saturated carbocycles. The molecule has 1 heterocycles. The van der Waals surface area contributed by atoms with Crippen molar-refractivity contribution >= 4 is 0 Å². The predicted octanol–water partition coefficient (Wildman–Crippen LogP) is -1.89. The molecule has 0 aliphatic carbocycles. The molecule has 0 spiro atoms. The van der Waals surface area contributed by atoms with E-state index in [1.165, 1.54) is 12.1 Å². The molecule has 0 amide bonds. The molecule has 22 heavy (non-hydrogen) atoms. The Morgan fingerprint density at radius 2 is 1.77 bits per heavy atom. The van der Waals surface area contributed by atoms with Crippen molar-refractivity contribution in [1.29, 1.82) is 0 Å². The Morgan fingerprint density at radius 3 is 2.41 bits per heavy atom. The molecule has 2 rings (SSSR count). The third-order valence-electron chi connectivity index (χ3n) is 3.52. The van der Waals surface area contributed by atoms with Crippen molar-refractivity contribution < 1.29 is 40.1 Å². The maximum Gasteiger partial charge on any atom is 0.229 e. The molecule has 1 aliphatic rings. The zero-order valence-electron chi connectivity index (χ0n) is 11.7. The Balaban J connectivity index is 2.16. The lowest BCUT2D eigenvalue weighted by molar-refractivity contribution is -0.277. The van der Waals surface area contributed by atoms with Gasteiger partial charge in [0.2, 0.25) is 6.29 Å². The summed E-state index contributed by atoms with van der Waals surface area (Å²) >= 11 is 0. The van der Waals surface area contributed by atoms with Crippen LogP contribution in [0.1, 0.15) is 5.56 Å². The van der Waals surface area contributed by atoms with Crippen LogP contribution in [0.4, 0.5) is 0 Å². The number of benzene rings is 1. The van der Waals surface area contributed by atoms with Gasteiger partial charge in [0.05, 0.1) is 6.61 Å². The fraction of sp³-hybridized carbons (Fsp3) is 0.571. The number of rotatable bonds is 5. The zero-order chi connectivity index (χ0) is 16.3. The Kier molecular flexibility index (Phi) is 5.57. The number of aliphatic hydroxyl groups excluding tert-OH is 5. The van der Waals surface area contributed by atoms with Crippen LogP contribution in [0.5, 0.6) is 11.5 Å². The maximum atomic E-state index is 9.88. The van der Waals surface area contributed by atoms with E-state index in [2.05, 4.69) is 0 Å². The predicted molar refractivity (Wildman–Crippen MR) is 73.3 cm³/mol. The lowest BCUT2D eigenvalue weighted by Gasteiger charge is -2.39. The summed E-state index contributed by atoms with van der Waals surface area (Å²) in [6.07, 6.45) is -6.70. The molecule has 1 aliphatic heterocycles. The highest BCUT2D eigenvalue weighted by molar-refractivity contribution is 5.42. The number of aliphatic hydroxyl groups is 5. The van der Waals surface area contributed by atoms with E-state index in [1.807, 2.05) is 0 Å². The molecule has 8 heteroatoms. The summed E-state index contributed by atoms with van der Waals surface area (Å²) < 4.78 is 10.5. The highest BCUT2D eigenvalue weighted by atomic mass is 16.7. The Morgan fingerprint density at radius 1 is 1.05 bits per heavy atom. The van der Waals surface area contributed by atoms with E-state index in [4.69, 9.17) is 19.7 Å². The van der Waals surface area contributed by atoms with Crippen LogP contribution >= 0.6 is 0 Å². The quantitative estimate of drug-likeness (QED) is 0.370. The lowest BCUT2D eigenvalue weighted by Crippen LogP contribution is -2.60. The molecule has 1 aromatic rings. The van der Waals surface area contributed by atoms with E-state index in [1.54, 1.807) is 6.07 Å². The van der Waals surface area contributed by atoms with Crippen LogP contribution < -0.4 is 4.74 Å². The highest BCUT2D eigenvalue weighted by Crippen LogP contribution is 2.31. The van der Waals surface area contributed by atoms with Crippen LogP contribution in [-0.4, -0.2) is 74.6 Å². The van der Waals surface area contributed by atoms with Gasteiger partial charge in [-0.05, 0) is 24.1 Å². The topological polar surface area (TPSA) is 140 Å². The third kappa shape index (κ3) is 3.49. The smallest absolute Gasteiger partial charge is 0.229 e. The minimum atomic E-state index is -1.56. The molecule has 1 aromatic carbocycles. The fourth-order valence-electron chi connectivity index (χ4n) is 2.23. The largest absolute Gasteiger partial charge is 0.504 e. The van der Waals surface area contributed by atoms with Gasteiger partial charge in [0.1, 0.15) is 24.4 Å². The second kappa shape index (κ2) is 7.23. The van der Waals surface area contributed by atoms with Crippen LogP contribution in [-0.2, 0) is 11.2 Å². The van der Waals surface area contributed by atoms with Gasteiger partial charge in [-0.1, -0.05) is 6.07 Å². The van der Waals surface area contributed by atoms with E-state index in [0.717, 1.165) is 0 Å². The van der Waals surface area contributed by atoms with Gasteiger partial charge in [-0.25, -0.2) is 0 Å². The first-order valence-electron chi connectivity index (χ1n) is 6.88. The summed E-state index contributed by atoms with van der Waals surface area (Å²) in [5.41, 5.74) is 0.694. The molecule has 8 nitrogen and oxygen atoms in total. The van der Waals surface area contributed by atoms with Crippen molar-refractivity contribution in [2.75, 3.05) is 13.2 Å². The van der Waals surface area contributed by atoms with E-state index in [0.29, 0.717) is 12.0 Å². The van der Waals surface area contributed by atoms with Gasteiger partial charge in [0.15, 0.2) is 11.5 Å². The number of phenolic OH excluding ortho intramolecular Hbond substituents is 1. The molecule has 1 fully saturated rings. The monoisotopic (exact) mass is 316 g/mol. The first kappa shape index (κ1) is 16.9. The van der Waals surface area contributed by atoms with Gasteiger partial charge in [0, 0.05) is 6.61 Å². The van der Waals surface area contributed by atoms with Crippen molar-refractivity contribution in [2.45, 2.75) is 37.1 Å². The van der Waals surface area contributed by atoms with Crippen molar-refractivity contribution in [3.8, 4) is 11.5 Å². The van der Waals surface area contributed by atoms with Gasteiger partial charge in [-0.15, -0.1) is 0 Å². The van der Waals surface area contributed by atoms with Crippen molar-refractivity contribution in [1.82, 2.24) is 0 Å². The molecule has 0 radical (unpaired) electrons. The summed E-state index contributed by atoms with van der Waals surface area (Å²) in [5, 5.41) is 57.1. The van der Waals surface area contributed by atoms with E-state index >= 15 is 0 Å². The van der Waals surface area contributed by atoms with E-state index < -0.39 is 37.3 Å². The summed E-state index contributed by atoms with van der Waals surface area (Å²) in [7, 11) is 0. The standard InChI is InChI=1S/C14H20O8/c15-4-3-7-1-2-8(17)9(5-7)21-14-13(20)12(19)11(18)10(6-16)22-14/h1-2,5,10-20H,3-4,6H2/t10-,11-,12+,13-,14-/m1/s1. The fourth-order valence-corrected chi connectivity index (χ4v) is 2.23. The van der Waals surface area contributed by atoms with Crippen LogP contribution in [0.3, 0.4) is 0 Å². The van der Waals surface area contributed by atoms with E-state index in [-0.39, 0.29) is 18.1 Å². The first-order valence-corrected chi connectivity index (χ1v) is 6.88. The van der Waals surface area contributed by atoms with Gasteiger partial charge >= 0.3 is 0 Å². The SMILES string of the molecule is OCCc1ccc(O)c(O[C@@H]2O[C@H](CO)[C@@H](O)[C@H](O)[C@H]2O)c1. The van der Waals surface area contributed by atoms with Gasteiger partial charge < -0.3 is 40.1 Å². The third-order valence-corrected chi connectivity index (χ3v) is 3.52. The van der Waals surface area contributed by atoms with Crippen molar-refractivity contribution in [3.05, 3.63) is 23.8 Å². The Labute approximate surface area is 126 Å². The molecule has 6 N–H and O–H groups in total. The van der Waals surface area contributed by atoms with Gasteiger partial charge in [0.25, 0.3) is 0 Å². The maximum absolute atomic E-state index is 9.88. The first-order chi connectivity index (χ1) is 10.5. The second-order valence-corrected chi connectivity index (χ2v) is 5.09. The molecular formula is C14H20O8. The van der Waals surface area contributed by atoms with Crippen LogP contribution in [0.15, 0.2) is 18.2 Å². The summed E-state index contributed by atoms with van der Waals surface area (Å²) in [6.45, 7) is -0.647. The summed E-state index contributed by atoms with van der Waals surface area (Å²) in [4.78, 5) is 0. The molecular weight excluding hydrogens is 296 g/mol. The summed E-state index contributed by atoms with van der Waals surface area (Å²) in [5.74, 6) is -0.214. The van der Waals surface area contributed by atoms with Gasteiger partial charge in [-0.2, -0.15) is 0 Å². The summed E-state index contributed by atoms with van der Waals surface area (Å²) in [6, 6.07) is 4.43. The normalized spacial score (nSPS) is 32.0. The number of hydrogen-bond donors (Lipinski definition) is 6. The van der Waals surface area contributed by atoms with Crippen LogP contribution in [0.25, 0.3) is 0 Å². The molecule has 0 aromatic heterocycles. The average molecular weight is 316 g/mol. The van der Waals surface area contributed by atoms with Crippen LogP contribution in [0.2, 0.25) is 0 Å². The molecule has 5 atom stereocenters. The molecule has 0 unspecified atom stereocenters. The van der Waals surface area contributed by atoms with Crippen LogP contribution in [0, 0.1) is 0 Å². The minimum Gasteiger partial charge on any atom is -0.504 e. The van der Waals surface area contributed by atoms with Crippen molar-refractivity contribution in [3.63, 3.8) is 0 Å².